The van der Waals surface area contributed by atoms with Crippen LogP contribution in [0, 0.1) is 6.92 Å². The summed E-state index contributed by atoms with van der Waals surface area (Å²) < 4.78 is 5.30. The number of nitrogens with zero attached hydrogens (tertiary/aromatic N) is 3. The highest BCUT2D eigenvalue weighted by molar-refractivity contribution is 7.14. The van der Waals surface area contributed by atoms with Gasteiger partial charge in [0.2, 0.25) is 0 Å². The van der Waals surface area contributed by atoms with Crippen molar-refractivity contribution in [3.63, 3.8) is 0 Å². The minimum absolute atomic E-state index is 0.126. The molecular formula is C23H25N5O3S. The molecule has 0 spiro atoms. The molecule has 0 unspecified atom stereocenters. The first-order chi connectivity index (χ1) is 15.5. The Labute approximate surface area is 190 Å². The van der Waals surface area contributed by atoms with E-state index in [0.717, 1.165) is 30.1 Å². The lowest BCUT2D eigenvalue weighted by Gasteiger charge is -2.35. The van der Waals surface area contributed by atoms with Crippen molar-refractivity contribution in [1.82, 2.24) is 9.88 Å². The van der Waals surface area contributed by atoms with E-state index in [1.165, 1.54) is 11.3 Å². The van der Waals surface area contributed by atoms with Gasteiger partial charge in [0, 0.05) is 49.0 Å². The molecule has 32 heavy (non-hydrogen) atoms. The number of carbonyl (C=O) groups excluding carboxylic acids is 2. The fourth-order valence-electron chi connectivity index (χ4n) is 3.46. The van der Waals surface area contributed by atoms with Crippen LogP contribution in [0.3, 0.4) is 0 Å². The number of rotatable bonds is 5. The molecule has 0 saturated carbocycles. The van der Waals surface area contributed by atoms with Gasteiger partial charge >= 0.3 is 6.03 Å². The molecule has 2 aromatic carbocycles. The number of hydrogen-bond donors (Lipinski definition) is 2. The molecule has 1 aliphatic heterocycles. The number of piperazine rings is 1. The summed E-state index contributed by atoms with van der Waals surface area (Å²) in [6, 6.07) is 15.0. The Morgan fingerprint density at radius 2 is 1.78 bits per heavy atom. The van der Waals surface area contributed by atoms with E-state index < -0.39 is 6.03 Å². The second-order valence-electron chi connectivity index (χ2n) is 7.46. The summed E-state index contributed by atoms with van der Waals surface area (Å²) in [5.74, 6) is 0.688. The van der Waals surface area contributed by atoms with Crippen molar-refractivity contribution in [2.24, 2.45) is 0 Å². The van der Waals surface area contributed by atoms with Gasteiger partial charge in [-0.2, -0.15) is 0 Å². The fraction of sp³-hybridized carbons (Fsp3) is 0.261. The van der Waals surface area contributed by atoms with Crippen molar-refractivity contribution >= 4 is 39.8 Å². The molecule has 0 aliphatic carbocycles. The molecule has 4 rings (SSSR count). The quantitative estimate of drug-likeness (QED) is 0.611. The number of aromatic nitrogens is 1. The number of amides is 3. The maximum atomic E-state index is 12.9. The molecule has 0 bridgehead atoms. The number of aryl methyl sites for hydroxylation is 1. The predicted molar refractivity (Wildman–Crippen MR) is 127 cm³/mol. The zero-order chi connectivity index (χ0) is 22.5. The zero-order valence-electron chi connectivity index (χ0n) is 18.0. The number of nitrogens with one attached hydrogen (secondary N) is 2. The summed E-state index contributed by atoms with van der Waals surface area (Å²) in [5.41, 5.74) is 3.23. The Bertz CT molecular complexity index is 1090. The monoisotopic (exact) mass is 451 g/mol. The third kappa shape index (κ3) is 5.17. The lowest BCUT2D eigenvalue weighted by Crippen LogP contribution is -2.48. The molecule has 2 N–H and O–H groups in total. The van der Waals surface area contributed by atoms with Crippen LogP contribution in [0.15, 0.2) is 53.9 Å². The van der Waals surface area contributed by atoms with Gasteiger partial charge in [-0.25, -0.2) is 9.78 Å². The Morgan fingerprint density at radius 3 is 2.50 bits per heavy atom. The van der Waals surface area contributed by atoms with Crippen molar-refractivity contribution < 1.29 is 14.3 Å². The first-order valence-electron chi connectivity index (χ1n) is 10.3. The molecule has 0 atom stereocenters. The Kier molecular flexibility index (Phi) is 6.55. The van der Waals surface area contributed by atoms with Gasteiger partial charge in [0.25, 0.3) is 5.91 Å². The molecular weight excluding hydrogens is 426 g/mol. The van der Waals surface area contributed by atoms with Crippen LogP contribution in [0.1, 0.15) is 16.1 Å². The zero-order valence-corrected chi connectivity index (χ0v) is 18.8. The van der Waals surface area contributed by atoms with Crippen LogP contribution >= 0.6 is 11.3 Å². The van der Waals surface area contributed by atoms with Crippen LogP contribution in [-0.4, -0.2) is 55.1 Å². The summed E-state index contributed by atoms with van der Waals surface area (Å²) in [7, 11) is 1.65. The SMILES string of the molecule is COc1cccc(N2CCN(C(=O)c3csc(NC(=O)Nc4ccc(C)cc4)n3)CC2)c1. The molecule has 9 heteroatoms. The van der Waals surface area contributed by atoms with Crippen LogP contribution in [0.25, 0.3) is 0 Å². The van der Waals surface area contributed by atoms with Gasteiger partial charge in [-0.3, -0.25) is 10.1 Å². The highest BCUT2D eigenvalue weighted by Crippen LogP contribution is 2.23. The molecule has 1 aromatic heterocycles. The van der Waals surface area contributed by atoms with E-state index in [1.54, 1.807) is 17.4 Å². The van der Waals surface area contributed by atoms with E-state index in [2.05, 4.69) is 20.5 Å². The second kappa shape index (κ2) is 9.69. The Morgan fingerprint density at radius 1 is 1.03 bits per heavy atom. The lowest BCUT2D eigenvalue weighted by molar-refractivity contribution is 0.0741. The van der Waals surface area contributed by atoms with Crippen LogP contribution in [0.4, 0.5) is 21.3 Å². The number of benzene rings is 2. The van der Waals surface area contributed by atoms with Gasteiger partial charge < -0.3 is 19.9 Å². The van der Waals surface area contributed by atoms with Crippen LogP contribution in [-0.2, 0) is 0 Å². The normalized spacial score (nSPS) is 13.6. The number of methoxy groups -OCH3 is 1. The number of hydrogen-bond acceptors (Lipinski definition) is 6. The molecule has 3 amide bonds. The highest BCUT2D eigenvalue weighted by atomic mass is 32.1. The highest BCUT2D eigenvalue weighted by Gasteiger charge is 2.24. The average molecular weight is 452 g/mol. The maximum Gasteiger partial charge on any atom is 0.325 e. The minimum Gasteiger partial charge on any atom is -0.497 e. The first-order valence-corrected chi connectivity index (χ1v) is 11.2. The van der Waals surface area contributed by atoms with Crippen molar-refractivity contribution in [1.29, 1.82) is 0 Å². The number of anilines is 3. The minimum atomic E-state index is -0.394. The molecule has 8 nitrogen and oxygen atoms in total. The smallest absolute Gasteiger partial charge is 0.325 e. The third-order valence-corrected chi connectivity index (χ3v) is 6.00. The number of urea groups is 1. The Hall–Kier alpha value is -3.59. The summed E-state index contributed by atoms with van der Waals surface area (Å²) in [6.07, 6.45) is 0. The van der Waals surface area contributed by atoms with Crippen molar-refractivity contribution in [2.45, 2.75) is 6.92 Å². The van der Waals surface area contributed by atoms with Crippen molar-refractivity contribution in [2.75, 3.05) is 48.8 Å². The van der Waals surface area contributed by atoms with Crippen molar-refractivity contribution in [3.05, 3.63) is 65.2 Å². The van der Waals surface area contributed by atoms with Gasteiger partial charge in [0.15, 0.2) is 5.13 Å². The molecule has 1 fully saturated rings. The van der Waals surface area contributed by atoms with Gasteiger partial charge in [-0.1, -0.05) is 23.8 Å². The summed E-state index contributed by atoms with van der Waals surface area (Å²) >= 11 is 1.23. The molecule has 0 radical (unpaired) electrons. The van der Waals surface area contributed by atoms with E-state index in [1.807, 2.05) is 55.5 Å². The van der Waals surface area contributed by atoms with Gasteiger partial charge in [-0.15, -0.1) is 11.3 Å². The Balaban J connectivity index is 1.31. The molecule has 2 heterocycles. The van der Waals surface area contributed by atoms with E-state index in [4.69, 9.17) is 4.74 Å². The van der Waals surface area contributed by atoms with Gasteiger partial charge in [0.05, 0.1) is 7.11 Å². The summed E-state index contributed by atoms with van der Waals surface area (Å²) in [5, 5.41) is 7.51. The molecule has 1 saturated heterocycles. The van der Waals surface area contributed by atoms with E-state index in [0.29, 0.717) is 29.6 Å². The number of ether oxygens (including phenoxy) is 1. The first kappa shape index (κ1) is 21.6. The third-order valence-electron chi connectivity index (χ3n) is 5.24. The average Bonchev–Trinajstić information content (AvgIpc) is 3.28. The summed E-state index contributed by atoms with van der Waals surface area (Å²) in [4.78, 5) is 33.4. The maximum absolute atomic E-state index is 12.9. The topological polar surface area (TPSA) is 86.8 Å². The number of carbonyl (C=O) groups is 2. The van der Waals surface area contributed by atoms with E-state index >= 15 is 0 Å². The lowest BCUT2D eigenvalue weighted by atomic mass is 10.2. The molecule has 3 aromatic rings. The fourth-order valence-corrected chi connectivity index (χ4v) is 4.14. The van der Waals surface area contributed by atoms with Gasteiger partial charge in [0.1, 0.15) is 11.4 Å². The summed E-state index contributed by atoms with van der Waals surface area (Å²) in [6.45, 7) is 4.64. The molecule has 1 aliphatic rings. The standard InChI is InChI=1S/C23H25N5O3S/c1-16-6-8-17(9-7-16)24-22(30)26-23-25-20(15-32-23)21(29)28-12-10-27(11-13-28)18-4-3-5-19(14-18)31-2/h3-9,14-15H,10-13H2,1-2H3,(H2,24,25,26,30). The predicted octanol–water partition coefficient (Wildman–Crippen LogP) is 4.07. The van der Waals surface area contributed by atoms with Crippen LogP contribution in [0.5, 0.6) is 5.75 Å². The van der Waals surface area contributed by atoms with E-state index in [-0.39, 0.29) is 5.91 Å². The van der Waals surface area contributed by atoms with Crippen LogP contribution < -0.4 is 20.3 Å². The van der Waals surface area contributed by atoms with Gasteiger partial charge in [-0.05, 0) is 31.2 Å². The number of thiazole rings is 1. The van der Waals surface area contributed by atoms with Crippen molar-refractivity contribution in [3.8, 4) is 5.75 Å². The molecule has 166 valence electrons. The largest absolute Gasteiger partial charge is 0.497 e. The van der Waals surface area contributed by atoms with E-state index in [9.17, 15) is 9.59 Å². The second-order valence-corrected chi connectivity index (χ2v) is 8.32. The van der Waals surface area contributed by atoms with Crippen LogP contribution in [0.2, 0.25) is 0 Å².